The molecule has 1 aromatic carbocycles. The van der Waals surface area contributed by atoms with Crippen molar-refractivity contribution in [3.8, 4) is 5.75 Å². The second-order valence-electron chi connectivity index (χ2n) is 3.33. The third-order valence-electron chi connectivity index (χ3n) is 1.97. The van der Waals surface area contributed by atoms with E-state index < -0.39 is 0 Å². The topological polar surface area (TPSA) is 30.5 Å². The molecule has 1 atom stereocenters. The third kappa shape index (κ3) is 4.08. The first kappa shape index (κ1) is 13.4. The molecule has 0 heterocycles. The van der Waals surface area contributed by atoms with Crippen molar-refractivity contribution >= 4 is 15.9 Å². The van der Waals surface area contributed by atoms with Gasteiger partial charge in [0, 0.05) is 19.7 Å². The number of hydrogen-bond acceptors (Lipinski definition) is 3. The van der Waals surface area contributed by atoms with Crippen LogP contribution in [-0.4, -0.2) is 33.4 Å². The van der Waals surface area contributed by atoms with Crippen LogP contribution >= 0.6 is 15.9 Å². The zero-order valence-corrected chi connectivity index (χ0v) is 10.9. The number of rotatable bonds is 6. The summed E-state index contributed by atoms with van der Waals surface area (Å²) in [5, 5.41) is 2.99. The van der Waals surface area contributed by atoms with Gasteiger partial charge in [-0.1, -0.05) is 0 Å². The quantitative estimate of drug-likeness (QED) is 0.872. The molecule has 3 nitrogen and oxygen atoms in total. The van der Waals surface area contributed by atoms with Crippen molar-refractivity contribution < 1.29 is 13.9 Å². The minimum Gasteiger partial charge on any atom is -0.485 e. The van der Waals surface area contributed by atoms with Crippen LogP contribution in [0.1, 0.15) is 0 Å². The second kappa shape index (κ2) is 6.83. The molecule has 1 N–H and O–H groups in total. The van der Waals surface area contributed by atoms with Gasteiger partial charge in [-0.25, -0.2) is 4.39 Å². The minimum absolute atomic E-state index is 0.145. The predicted molar refractivity (Wildman–Crippen MR) is 64.3 cm³/mol. The number of nitrogens with one attached hydrogen (secondary N) is 1. The van der Waals surface area contributed by atoms with Crippen LogP contribution in [-0.2, 0) is 4.74 Å². The molecular weight excluding hydrogens is 277 g/mol. The Morgan fingerprint density at radius 1 is 1.50 bits per heavy atom. The Hall–Kier alpha value is -0.650. The number of likely N-dealkylation sites (N-methyl/N-ethyl adjacent to an activating group) is 1. The number of methoxy groups -OCH3 is 1. The van der Waals surface area contributed by atoms with E-state index in [2.05, 4.69) is 21.2 Å². The van der Waals surface area contributed by atoms with Crippen LogP contribution in [0.2, 0.25) is 0 Å². The van der Waals surface area contributed by atoms with E-state index in [4.69, 9.17) is 9.47 Å². The molecule has 0 saturated heterocycles. The molecule has 16 heavy (non-hydrogen) atoms. The smallest absolute Gasteiger partial charge is 0.137 e. The molecule has 0 radical (unpaired) electrons. The van der Waals surface area contributed by atoms with Crippen molar-refractivity contribution in [1.82, 2.24) is 5.32 Å². The number of halogens is 2. The summed E-state index contributed by atoms with van der Waals surface area (Å²) in [6.45, 7) is 1.08. The van der Waals surface area contributed by atoms with E-state index in [1.54, 1.807) is 13.2 Å². The van der Waals surface area contributed by atoms with Crippen LogP contribution < -0.4 is 10.1 Å². The van der Waals surface area contributed by atoms with Gasteiger partial charge in [0.05, 0.1) is 11.1 Å². The maximum atomic E-state index is 13.0. The van der Waals surface area contributed by atoms with Crippen molar-refractivity contribution in [3.63, 3.8) is 0 Å². The molecule has 1 aromatic rings. The molecule has 0 bridgehead atoms. The maximum Gasteiger partial charge on any atom is 0.137 e. The molecule has 90 valence electrons. The van der Waals surface area contributed by atoms with Crippen LogP contribution in [0.25, 0.3) is 0 Å². The molecule has 0 spiro atoms. The lowest BCUT2D eigenvalue weighted by molar-refractivity contribution is 0.0811. The van der Waals surface area contributed by atoms with Gasteiger partial charge < -0.3 is 14.8 Å². The first-order valence-corrected chi connectivity index (χ1v) is 5.72. The summed E-state index contributed by atoms with van der Waals surface area (Å²) >= 11 is 3.31. The van der Waals surface area contributed by atoms with Crippen molar-refractivity contribution in [3.05, 3.63) is 28.5 Å². The Bertz CT molecular complexity index is 330. The Labute approximate surface area is 103 Å². The number of hydrogen-bond donors (Lipinski definition) is 1. The summed E-state index contributed by atoms with van der Waals surface area (Å²) in [5.41, 5.74) is 0. The van der Waals surface area contributed by atoms with Gasteiger partial charge in [-0.3, -0.25) is 0 Å². The lowest BCUT2D eigenvalue weighted by Crippen LogP contribution is -2.33. The summed E-state index contributed by atoms with van der Waals surface area (Å²) in [4.78, 5) is 0. The average Bonchev–Trinajstić information content (AvgIpc) is 2.24. The van der Waals surface area contributed by atoms with Crippen molar-refractivity contribution in [2.45, 2.75) is 6.10 Å². The highest BCUT2D eigenvalue weighted by atomic mass is 79.9. The van der Waals surface area contributed by atoms with E-state index in [0.29, 0.717) is 18.9 Å². The van der Waals surface area contributed by atoms with E-state index in [9.17, 15) is 4.39 Å². The fraction of sp³-hybridized carbons (Fsp3) is 0.455. The molecule has 1 unspecified atom stereocenters. The van der Waals surface area contributed by atoms with Gasteiger partial charge in [0.25, 0.3) is 0 Å². The molecule has 0 aromatic heterocycles. The van der Waals surface area contributed by atoms with Gasteiger partial charge in [0.1, 0.15) is 17.7 Å². The van der Waals surface area contributed by atoms with Crippen LogP contribution in [0, 0.1) is 5.82 Å². The van der Waals surface area contributed by atoms with Gasteiger partial charge in [0.2, 0.25) is 0 Å². The fourth-order valence-corrected chi connectivity index (χ4v) is 1.64. The number of ether oxygens (including phenoxy) is 2. The predicted octanol–water partition coefficient (Wildman–Crippen LogP) is 2.20. The van der Waals surface area contributed by atoms with Gasteiger partial charge in [0.15, 0.2) is 0 Å². The largest absolute Gasteiger partial charge is 0.485 e. The Morgan fingerprint density at radius 3 is 2.88 bits per heavy atom. The first-order valence-electron chi connectivity index (χ1n) is 4.92. The number of benzene rings is 1. The first-order chi connectivity index (χ1) is 7.67. The van der Waals surface area contributed by atoms with E-state index >= 15 is 0 Å². The van der Waals surface area contributed by atoms with E-state index in [1.165, 1.54) is 12.1 Å². The zero-order valence-electron chi connectivity index (χ0n) is 9.30. The van der Waals surface area contributed by atoms with Crippen molar-refractivity contribution in [1.29, 1.82) is 0 Å². The van der Waals surface area contributed by atoms with E-state index in [-0.39, 0.29) is 11.9 Å². The molecule has 0 amide bonds. The zero-order chi connectivity index (χ0) is 12.0. The molecule has 0 aliphatic heterocycles. The third-order valence-corrected chi connectivity index (χ3v) is 2.63. The highest BCUT2D eigenvalue weighted by molar-refractivity contribution is 9.10. The molecule has 0 aliphatic carbocycles. The van der Waals surface area contributed by atoms with Gasteiger partial charge in [-0.15, -0.1) is 0 Å². The summed E-state index contributed by atoms with van der Waals surface area (Å²) in [5.74, 6) is 0.163. The van der Waals surface area contributed by atoms with Crippen LogP contribution in [0.15, 0.2) is 22.7 Å². The molecule has 0 aliphatic rings. The molecule has 0 fully saturated rings. The summed E-state index contributed by atoms with van der Waals surface area (Å²) in [7, 11) is 3.43. The normalized spacial score (nSPS) is 12.5. The van der Waals surface area contributed by atoms with Crippen LogP contribution in [0.3, 0.4) is 0 Å². The second-order valence-corrected chi connectivity index (χ2v) is 4.18. The highest BCUT2D eigenvalue weighted by Crippen LogP contribution is 2.26. The van der Waals surface area contributed by atoms with Gasteiger partial charge in [-0.05, 0) is 35.1 Å². The van der Waals surface area contributed by atoms with Crippen LogP contribution in [0.5, 0.6) is 5.75 Å². The summed E-state index contributed by atoms with van der Waals surface area (Å²) in [6, 6.07) is 4.34. The van der Waals surface area contributed by atoms with Gasteiger partial charge in [-0.2, -0.15) is 0 Å². The Kier molecular flexibility index (Phi) is 5.73. The monoisotopic (exact) mass is 291 g/mol. The molecule has 0 saturated carbocycles. The molecular formula is C11H15BrFNO2. The summed E-state index contributed by atoms with van der Waals surface area (Å²) in [6.07, 6.45) is -0.145. The SMILES string of the molecule is CNCC(COC)Oc1cc(F)ccc1Br. The standard InChI is InChI=1S/C11H15BrFNO2/c1-14-6-9(7-15-2)16-11-5-8(13)3-4-10(11)12/h3-5,9,14H,6-7H2,1-2H3. The van der Waals surface area contributed by atoms with E-state index in [1.807, 2.05) is 7.05 Å². The lowest BCUT2D eigenvalue weighted by atomic mass is 10.3. The highest BCUT2D eigenvalue weighted by Gasteiger charge is 2.12. The fourth-order valence-electron chi connectivity index (χ4n) is 1.30. The van der Waals surface area contributed by atoms with Crippen LogP contribution in [0.4, 0.5) is 4.39 Å². The lowest BCUT2D eigenvalue weighted by Gasteiger charge is -2.18. The average molecular weight is 292 g/mol. The Morgan fingerprint density at radius 2 is 2.25 bits per heavy atom. The van der Waals surface area contributed by atoms with E-state index in [0.717, 1.165) is 4.47 Å². The molecule has 5 heteroatoms. The Balaban J connectivity index is 2.71. The van der Waals surface area contributed by atoms with Crippen molar-refractivity contribution in [2.75, 3.05) is 27.3 Å². The molecule has 1 rings (SSSR count). The van der Waals surface area contributed by atoms with Gasteiger partial charge >= 0.3 is 0 Å². The van der Waals surface area contributed by atoms with Crippen molar-refractivity contribution in [2.24, 2.45) is 0 Å². The maximum absolute atomic E-state index is 13.0. The summed E-state index contributed by atoms with van der Waals surface area (Å²) < 4.78 is 24.4. The minimum atomic E-state index is -0.321.